The number of rotatable bonds is 3. The predicted octanol–water partition coefficient (Wildman–Crippen LogP) is 2.44. The smallest absolute Gasteiger partial charge is 0.344 e. The zero-order chi connectivity index (χ0) is 15.1. The number of carbonyl (C=O) groups is 1. The Morgan fingerprint density at radius 3 is 2.76 bits per heavy atom. The largest absolute Gasteiger partial charge is 0.479 e. The lowest BCUT2D eigenvalue weighted by Crippen LogP contribution is -2.23. The van der Waals surface area contributed by atoms with Crippen LogP contribution in [-0.2, 0) is 17.6 Å². The Labute approximate surface area is 121 Å². The van der Waals surface area contributed by atoms with E-state index < -0.39 is 12.1 Å². The molecule has 0 unspecified atom stereocenters. The Morgan fingerprint density at radius 1 is 1.33 bits per heavy atom. The summed E-state index contributed by atoms with van der Waals surface area (Å²) in [5.74, 6) is -0.555. The molecule has 1 aliphatic carbocycles. The summed E-state index contributed by atoms with van der Waals surface area (Å²) < 4.78 is 11.0. The molecule has 0 saturated carbocycles. The molecule has 2 aromatic rings. The van der Waals surface area contributed by atoms with Crippen molar-refractivity contribution < 1.29 is 19.1 Å². The zero-order valence-electron chi connectivity index (χ0n) is 11.9. The lowest BCUT2D eigenvalue weighted by atomic mass is 10.0. The third-order valence-corrected chi connectivity index (χ3v) is 3.83. The van der Waals surface area contributed by atoms with Crippen molar-refractivity contribution in [2.75, 3.05) is 0 Å². The Morgan fingerprint density at radius 2 is 2.05 bits per heavy atom. The second-order valence-electron chi connectivity index (χ2n) is 5.43. The maximum absolute atomic E-state index is 12.0. The Kier molecular flexibility index (Phi) is 3.20. The Bertz CT molecular complexity index is 787. The summed E-state index contributed by atoms with van der Waals surface area (Å²) in [6.07, 6.45) is 1.44. The van der Waals surface area contributed by atoms with Crippen molar-refractivity contribution >= 4 is 16.9 Å². The SMILES string of the molecule is Cc1cc(O[C@@H](C)C(=O)O)c2c3c(c(=O)oc2c1)CCC3. The standard InChI is InChI=1S/C16H16O5/c1-8-6-12(20-9(2)15(17)18)14-10-4-3-5-11(10)16(19)21-13(14)7-8/h6-7,9H,3-5H2,1-2H3,(H,17,18)/t9-/m0/s1. The number of carboxylic acid groups (broad SMARTS) is 1. The first-order valence-corrected chi connectivity index (χ1v) is 6.96. The summed E-state index contributed by atoms with van der Waals surface area (Å²) in [4.78, 5) is 23.0. The van der Waals surface area contributed by atoms with E-state index in [-0.39, 0.29) is 5.63 Å². The van der Waals surface area contributed by atoms with Crippen molar-refractivity contribution in [3.63, 3.8) is 0 Å². The quantitative estimate of drug-likeness (QED) is 0.878. The van der Waals surface area contributed by atoms with Crippen molar-refractivity contribution in [1.82, 2.24) is 0 Å². The molecule has 110 valence electrons. The molecule has 0 bridgehead atoms. The molecule has 1 aliphatic rings. The molecule has 3 rings (SSSR count). The van der Waals surface area contributed by atoms with Gasteiger partial charge < -0.3 is 14.3 Å². The lowest BCUT2D eigenvalue weighted by Gasteiger charge is -2.15. The minimum atomic E-state index is -1.03. The molecule has 21 heavy (non-hydrogen) atoms. The van der Waals surface area contributed by atoms with Gasteiger partial charge in [-0.1, -0.05) is 0 Å². The monoisotopic (exact) mass is 288 g/mol. The lowest BCUT2D eigenvalue weighted by molar-refractivity contribution is -0.144. The van der Waals surface area contributed by atoms with Gasteiger partial charge in [0.05, 0.1) is 5.39 Å². The van der Waals surface area contributed by atoms with Crippen LogP contribution in [0.2, 0.25) is 0 Å². The molecule has 0 spiro atoms. The van der Waals surface area contributed by atoms with Crippen LogP contribution in [0.4, 0.5) is 0 Å². The number of aliphatic carboxylic acids is 1. The number of hydrogen-bond donors (Lipinski definition) is 1. The van der Waals surface area contributed by atoms with Gasteiger partial charge in [0.1, 0.15) is 11.3 Å². The summed E-state index contributed by atoms with van der Waals surface area (Å²) in [6, 6.07) is 3.58. The maximum atomic E-state index is 12.0. The molecule has 0 radical (unpaired) electrons. The Balaban J connectivity index is 2.26. The molecule has 5 heteroatoms. The van der Waals surface area contributed by atoms with Crippen LogP contribution in [0, 0.1) is 6.92 Å². The van der Waals surface area contributed by atoms with Crippen LogP contribution in [0.1, 0.15) is 30.0 Å². The van der Waals surface area contributed by atoms with Crippen LogP contribution in [0.5, 0.6) is 5.75 Å². The van der Waals surface area contributed by atoms with Gasteiger partial charge in [-0.25, -0.2) is 9.59 Å². The van der Waals surface area contributed by atoms with Crippen molar-refractivity contribution in [2.45, 2.75) is 39.2 Å². The van der Waals surface area contributed by atoms with Gasteiger partial charge in [0.15, 0.2) is 6.10 Å². The number of benzene rings is 1. The highest BCUT2D eigenvalue weighted by Crippen LogP contribution is 2.35. The molecule has 0 fully saturated rings. The van der Waals surface area contributed by atoms with E-state index in [0.717, 1.165) is 29.4 Å². The van der Waals surface area contributed by atoms with E-state index >= 15 is 0 Å². The second kappa shape index (κ2) is 4.91. The number of fused-ring (bicyclic) bond motifs is 3. The topological polar surface area (TPSA) is 76.7 Å². The Hall–Kier alpha value is -2.30. The molecular formula is C16H16O5. The number of aryl methyl sites for hydroxylation is 2. The number of ether oxygens (including phenoxy) is 1. The van der Waals surface area contributed by atoms with Crippen molar-refractivity contribution in [3.8, 4) is 5.75 Å². The molecule has 1 N–H and O–H groups in total. The first kappa shape index (κ1) is 13.7. The van der Waals surface area contributed by atoms with E-state index in [0.29, 0.717) is 23.3 Å². The van der Waals surface area contributed by atoms with E-state index in [9.17, 15) is 9.59 Å². The van der Waals surface area contributed by atoms with E-state index in [4.69, 9.17) is 14.3 Å². The van der Waals surface area contributed by atoms with Crippen LogP contribution in [-0.4, -0.2) is 17.2 Å². The van der Waals surface area contributed by atoms with Gasteiger partial charge >= 0.3 is 11.6 Å². The molecule has 1 heterocycles. The molecular weight excluding hydrogens is 272 g/mol. The minimum Gasteiger partial charge on any atom is -0.479 e. The first-order valence-electron chi connectivity index (χ1n) is 6.96. The van der Waals surface area contributed by atoms with E-state index in [1.54, 1.807) is 12.1 Å². The highest BCUT2D eigenvalue weighted by atomic mass is 16.5. The molecule has 1 atom stereocenters. The molecule has 0 saturated heterocycles. The fourth-order valence-electron chi connectivity index (χ4n) is 2.84. The minimum absolute atomic E-state index is 0.294. The summed E-state index contributed by atoms with van der Waals surface area (Å²) in [5.41, 5.74) is 2.66. The van der Waals surface area contributed by atoms with Crippen LogP contribution < -0.4 is 10.4 Å². The third-order valence-electron chi connectivity index (χ3n) is 3.83. The third kappa shape index (κ3) is 2.28. The van der Waals surface area contributed by atoms with E-state index in [2.05, 4.69) is 0 Å². The highest BCUT2D eigenvalue weighted by Gasteiger charge is 2.24. The van der Waals surface area contributed by atoms with Gasteiger partial charge in [-0.3, -0.25) is 0 Å². The fraction of sp³-hybridized carbons (Fsp3) is 0.375. The second-order valence-corrected chi connectivity index (χ2v) is 5.43. The van der Waals surface area contributed by atoms with Crippen LogP contribution >= 0.6 is 0 Å². The van der Waals surface area contributed by atoms with Gasteiger partial charge in [0, 0.05) is 5.56 Å². The summed E-state index contributed by atoms with van der Waals surface area (Å²) >= 11 is 0. The molecule has 1 aromatic carbocycles. The van der Waals surface area contributed by atoms with E-state index in [1.165, 1.54) is 6.92 Å². The molecule has 1 aromatic heterocycles. The summed E-state index contributed by atoms with van der Waals surface area (Å²) in [7, 11) is 0. The van der Waals surface area contributed by atoms with E-state index in [1.807, 2.05) is 6.92 Å². The molecule has 0 amide bonds. The average molecular weight is 288 g/mol. The predicted molar refractivity (Wildman–Crippen MR) is 77.0 cm³/mol. The normalized spacial score (nSPS) is 15.0. The summed E-state index contributed by atoms with van der Waals surface area (Å²) in [5, 5.41) is 9.76. The van der Waals surface area contributed by atoms with Gasteiger partial charge in [0.2, 0.25) is 0 Å². The van der Waals surface area contributed by atoms with Crippen LogP contribution in [0.25, 0.3) is 11.0 Å². The fourth-order valence-corrected chi connectivity index (χ4v) is 2.84. The highest BCUT2D eigenvalue weighted by molar-refractivity contribution is 5.89. The van der Waals surface area contributed by atoms with Gasteiger partial charge in [-0.15, -0.1) is 0 Å². The van der Waals surface area contributed by atoms with Crippen LogP contribution in [0.3, 0.4) is 0 Å². The first-order chi connectivity index (χ1) is 9.97. The summed E-state index contributed by atoms with van der Waals surface area (Å²) in [6.45, 7) is 3.33. The molecule has 5 nitrogen and oxygen atoms in total. The van der Waals surface area contributed by atoms with Gasteiger partial charge in [0.25, 0.3) is 0 Å². The van der Waals surface area contributed by atoms with Gasteiger partial charge in [-0.2, -0.15) is 0 Å². The number of hydrogen-bond acceptors (Lipinski definition) is 4. The molecule has 0 aliphatic heterocycles. The van der Waals surface area contributed by atoms with Gasteiger partial charge in [-0.05, 0) is 56.4 Å². The zero-order valence-corrected chi connectivity index (χ0v) is 11.9. The number of carboxylic acids is 1. The van der Waals surface area contributed by atoms with Crippen molar-refractivity contribution in [1.29, 1.82) is 0 Å². The average Bonchev–Trinajstić information content (AvgIpc) is 2.87. The van der Waals surface area contributed by atoms with Crippen molar-refractivity contribution in [2.24, 2.45) is 0 Å². The van der Waals surface area contributed by atoms with Crippen molar-refractivity contribution in [3.05, 3.63) is 39.2 Å². The van der Waals surface area contributed by atoms with Crippen LogP contribution in [0.15, 0.2) is 21.3 Å². The maximum Gasteiger partial charge on any atom is 0.344 e.